The number of nitrogens with two attached hydrogens (primary N) is 1. The maximum absolute atomic E-state index is 12.8. The fraction of sp³-hybridized carbons (Fsp3) is 0.704. The van der Waals surface area contributed by atoms with Crippen molar-refractivity contribution in [1.29, 1.82) is 0 Å². The maximum Gasteiger partial charge on any atom is 0.249 e. The minimum absolute atomic E-state index is 0.0298. The minimum atomic E-state index is -1.21. The summed E-state index contributed by atoms with van der Waals surface area (Å²) in [5, 5.41) is 35.9. The molecule has 0 bridgehead atoms. The number of hydrogen-bond donors (Lipinski definition) is 6. The van der Waals surface area contributed by atoms with Crippen LogP contribution in [0.3, 0.4) is 0 Å². The number of rotatable bonds is 17. The molecule has 0 aromatic heterocycles. The van der Waals surface area contributed by atoms with E-state index in [4.69, 9.17) is 27.4 Å². The van der Waals surface area contributed by atoms with Gasteiger partial charge in [0.15, 0.2) is 11.4 Å². The number of ether oxygens (including phenoxy) is 2. The first kappa shape index (κ1) is 31.4. The molecule has 1 aromatic rings. The zero-order valence-corrected chi connectivity index (χ0v) is 23.0. The molecule has 1 fully saturated rings. The van der Waals surface area contributed by atoms with Crippen molar-refractivity contribution in [3.8, 4) is 0 Å². The third kappa shape index (κ3) is 10.5. The summed E-state index contributed by atoms with van der Waals surface area (Å²) < 4.78 is 11.0. The van der Waals surface area contributed by atoms with E-state index in [2.05, 4.69) is 41.8 Å². The summed E-state index contributed by atoms with van der Waals surface area (Å²) in [4.78, 5) is 12.8. The molecule has 9 nitrogen and oxygen atoms in total. The summed E-state index contributed by atoms with van der Waals surface area (Å²) >= 11 is 4.79. The van der Waals surface area contributed by atoms with Crippen LogP contribution in [0.2, 0.25) is 0 Å². The van der Waals surface area contributed by atoms with Crippen LogP contribution in [0.5, 0.6) is 0 Å². The Kier molecular flexibility index (Phi) is 13.8. The Morgan fingerprint density at radius 1 is 1.14 bits per heavy atom. The molecule has 1 amide bonds. The second-order valence-electron chi connectivity index (χ2n) is 10.0. The van der Waals surface area contributed by atoms with Gasteiger partial charge in [-0.2, -0.15) is 0 Å². The number of aryl methyl sites for hydroxylation is 2. The van der Waals surface area contributed by atoms with Crippen LogP contribution < -0.4 is 16.4 Å². The largest absolute Gasteiger partial charge is 0.394 e. The molecule has 1 unspecified atom stereocenters. The topological polar surface area (TPSA) is 146 Å². The van der Waals surface area contributed by atoms with Crippen LogP contribution in [0.15, 0.2) is 24.3 Å². The van der Waals surface area contributed by atoms with E-state index in [0.717, 1.165) is 12.0 Å². The number of hydrogen-bond acceptors (Lipinski definition) is 7. The van der Waals surface area contributed by atoms with Gasteiger partial charge in [-0.05, 0) is 56.0 Å². The summed E-state index contributed by atoms with van der Waals surface area (Å²) in [6, 6.07) is 7.85. The Hall–Kier alpha value is -1.82. The smallest absolute Gasteiger partial charge is 0.249 e. The van der Waals surface area contributed by atoms with Crippen LogP contribution in [0.4, 0.5) is 0 Å². The van der Waals surface area contributed by atoms with Crippen LogP contribution >= 0.6 is 12.2 Å². The molecule has 1 aliphatic rings. The molecule has 0 radical (unpaired) electrons. The number of nitrogens with one attached hydrogen (secondary N) is 2. The predicted octanol–water partition coefficient (Wildman–Crippen LogP) is 1.69. The van der Waals surface area contributed by atoms with Gasteiger partial charge < -0.3 is 41.2 Å². The van der Waals surface area contributed by atoms with Crippen LogP contribution in [0.25, 0.3) is 0 Å². The molecule has 2 rings (SSSR count). The number of benzene rings is 1. The molecule has 1 heterocycles. The normalized spacial score (nSPS) is 20.5. The first-order chi connectivity index (χ1) is 17.7. The van der Waals surface area contributed by atoms with E-state index >= 15 is 0 Å². The summed E-state index contributed by atoms with van der Waals surface area (Å²) in [7, 11) is 0. The predicted molar refractivity (Wildman–Crippen MR) is 147 cm³/mol. The van der Waals surface area contributed by atoms with Gasteiger partial charge in [-0.3, -0.25) is 4.79 Å². The van der Waals surface area contributed by atoms with Crippen LogP contribution in [0.1, 0.15) is 69.9 Å². The summed E-state index contributed by atoms with van der Waals surface area (Å²) in [5.41, 5.74) is 6.60. The molecule has 10 heteroatoms. The van der Waals surface area contributed by atoms with E-state index in [1.807, 2.05) is 0 Å². The molecular formula is C27H45N3O6S. The number of amides is 1. The quantitative estimate of drug-likeness (QED) is 0.129. The van der Waals surface area contributed by atoms with Gasteiger partial charge in [-0.1, -0.05) is 63.3 Å². The van der Waals surface area contributed by atoms with E-state index in [1.165, 1.54) is 51.0 Å². The fourth-order valence-corrected chi connectivity index (χ4v) is 4.51. The molecule has 210 valence electrons. The Balaban J connectivity index is 1.83. The molecule has 0 saturated carbocycles. The summed E-state index contributed by atoms with van der Waals surface area (Å²) in [6.07, 6.45) is 6.49. The third-order valence-corrected chi connectivity index (χ3v) is 7.01. The van der Waals surface area contributed by atoms with E-state index < -0.39 is 49.2 Å². The van der Waals surface area contributed by atoms with Crippen molar-refractivity contribution in [2.24, 2.45) is 5.73 Å². The number of unbranched alkanes of at least 4 members (excludes halogenated alkanes) is 5. The van der Waals surface area contributed by atoms with E-state index in [-0.39, 0.29) is 11.7 Å². The van der Waals surface area contributed by atoms with Gasteiger partial charge in [0.1, 0.15) is 12.2 Å². The van der Waals surface area contributed by atoms with Gasteiger partial charge >= 0.3 is 0 Å². The molecule has 1 saturated heterocycles. The first-order valence-electron chi connectivity index (χ1n) is 13.4. The summed E-state index contributed by atoms with van der Waals surface area (Å²) in [6.45, 7) is 3.00. The van der Waals surface area contributed by atoms with Gasteiger partial charge in [0, 0.05) is 0 Å². The highest BCUT2D eigenvalue weighted by Crippen LogP contribution is 2.20. The number of carbonyl (C=O) groups is 1. The number of thiocarbonyl (C=S) groups is 1. The lowest BCUT2D eigenvalue weighted by molar-refractivity contribution is -0.183. The SMILES string of the molecule is CCCCCCCCc1ccc(CCC(CO)(CO)NC(=O)[C@H](C)OC2OC[C@@H](NC(N)=S)[C@H]2O)cc1. The van der Waals surface area contributed by atoms with Gasteiger partial charge in [0.25, 0.3) is 0 Å². The molecule has 7 N–H and O–H groups in total. The van der Waals surface area contributed by atoms with Crippen molar-refractivity contribution in [3.63, 3.8) is 0 Å². The van der Waals surface area contributed by atoms with Crippen LogP contribution in [-0.2, 0) is 27.1 Å². The van der Waals surface area contributed by atoms with Crippen molar-refractivity contribution < 1.29 is 29.6 Å². The zero-order valence-electron chi connectivity index (χ0n) is 22.2. The molecular weight excluding hydrogens is 494 g/mol. The number of carbonyl (C=O) groups excluding carboxylic acids is 1. The van der Waals surface area contributed by atoms with E-state index in [0.29, 0.717) is 12.8 Å². The lowest BCUT2D eigenvalue weighted by atomic mass is 9.91. The summed E-state index contributed by atoms with van der Waals surface area (Å²) in [5.74, 6) is -0.529. The van der Waals surface area contributed by atoms with Crippen molar-refractivity contribution >= 4 is 23.2 Å². The Morgan fingerprint density at radius 2 is 1.73 bits per heavy atom. The van der Waals surface area contributed by atoms with Gasteiger partial charge in [0.2, 0.25) is 5.91 Å². The zero-order chi connectivity index (χ0) is 27.3. The van der Waals surface area contributed by atoms with Crippen molar-refractivity contribution in [2.45, 2.75) is 102 Å². The molecule has 0 spiro atoms. The van der Waals surface area contributed by atoms with Gasteiger partial charge in [-0.15, -0.1) is 0 Å². The lowest BCUT2D eigenvalue weighted by Crippen LogP contribution is -2.57. The van der Waals surface area contributed by atoms with Crippen molar-refractivity contribution in [3.05, 3.63) is 35.4 Å². The average molecular weight is 540 g/mol. The highest BCUT2D eigenvalue weighted by molar-refractivity contribution is 7.80. The van der Waals surface area contributed by atoms with Crippen LogP contribution in [-0.4, -0.2) is 76.2 Å². The van der Waals surface area contributed by atoms with Gasteiger partial charge in [-0.25, -0.2) is 0 Å². The van der Waals surface area contributed by atoms with Crippen molar-refractivity contribution in [1.82, 2.24) is 10.6 Å². The van der Waals surface area contributed by atoms with E-state index in [9.17, 15) is 20.1 Å². The highest BCUT2D eigenvalue weighted by Gasteiger charge is 2.40. The third-order valence-electron chi connectivity index (χ3n) is 6.89. The average Bonchev–Trinajstić information content (AvgIpc) is 3.22. The van der Waals surface area contributed by atoms with Crippen LogP contribution in [0, 0.1) is 0 Å². The molecule has 37 heavy (non-hydrogen) atoms. The lowest BCUT2D eigenvalue weighted by Gasteiger charge is -2.33. The van der Waals surface area contributed by atoms with Crippen molar-refractivity contribution in [2.75, 3.05) is 19.8 Å². The molecule has 1 aromatic carbocycles. The highest BCUT2D eigenvalue weighted by atomic mass is 32.1. The fourth-order valence-electron chi connectivity index (χ4n) is 4.36. The Bertz CT molecular complexity index is 821. The first-order valence-corrected chi connectivity index (χ1v) is 13.8. The maximum atomic E-state index is 12.8. The Morgan fingerprint density at radius 3 is 2.32 bits per heavy atom. The number of aliphatic hydroxyl groups is 3. The minimum Gasteiger partial charge on any atom is -0.394 e. The molecule has 0 aliphatic carbocycles. The van der Waals surface area contributed by atoms with E-state index in [1.54, 1.807) is 0 Å². The monoisotopic (exact) mass is 539 g/mol. The second kappa shape index (κ2) is 16.2. The molecule has 4 atom stereocenters. The van der Waals surface area contributed by atoms with Gasteiger partial charge in [0.05, 0.1) is 31.4 Å². The standard InChI is InChI=1S/C27H45N3O6S/c1-3-4-5-6-7-8-9-20-10-12-21(13-11-20)14-15-27(17-31,18-32)30-24(34)19(2)36-25-23(33)22(16-35-25)29-26(28)37/h10-13,19,22-23,25,31-33H,3-9,14-18H2,1-2H3,(H,30,34)(H3,28,29,37)/t19-,22+,23+,25?/m0/s1. The number of aliphatic hydroxyl groups excluding tert-OH is 3. The second-order valence-corrected chi connectivity index (χ2v) is 10.4. The molecule has 1 aliphatic heterocycles. The Labute approximate surface area is 226 Å².